The lowest BCUT2D eigenvalue weighted by molar-refractivity contribution is 0.477. The number of aromatic nitrogens is 4. The number of fused-ring (bicyclic) bond motifs is 3. The van der Waals surface area contributed by atoms with Crippen LogP contribution in [0.3, 0.4) is 0 Å². The number of benzene rings is 2. The zero-order valence-corrected chi connectivity index (χ0v) is 18.6. The molecule has 1 aliphatic heterocycles. The summed E-state index contributed by atoms with van der Waals surface area (Å²) in [5.41, 5.74) is 4.88. The Balaban J connectivity index is 1.37. The molecule has 0 fully saturated rings. The minimum absolute atomic E-state index is 0.198. The van der Waals surface area contributed by atoms with E-state index in [1.807, 2.05) is 31.2 Å². The van der Waals surface area contributed by atoms with Gasteiger partial charge in [0.25, 0.3) is 0 Å². The number of imidazole rings is 1. The molecule has 0 saturated carbocycles. The molecule has 32 heavy (non-hydrogen) atoms. The molecule has 5 rings (SSSR count). The van der Waals surface area contributed by atoms with Gasteiger partial charge in [0, 0.05) is 23.9 Å². The third-order valence-electron chi connectivity index (χ3n) is 5.58. The molecule has 0 radical (unpaired) electrons. The second kappa shape index (κ2) is 8.17. The van der Waals surface area contributed by atoms with Crippen molar-refractivity contribution in [3.63, 3.8) is 0 Å². The molecule has 1 aliphatic rings. The largest absolute Gasteiger partial charge is 0.507 e. The number of rotatable bonds is 5. The molecule has 7 nitrogen and oxygen atoms in total. The number of hydrogen-bond donors (Lipinski definition) is 2. The van der Waals surface area contributed by atoms with Crippen LogP contribution in [0.5, 0.6) is 5.75 Å². The van der Waals surface area contributed by atoms with Crippen molar-refractivity contribution in [1.82, 2.24) is 19.5 Å². The summed E-state index contributed by atoms with van der Waals surface area (Å²) in [5.74, 6) is 2.69. The Morgan fingerprint density at radius 2 is 2.09 bits per heavy atom. The number of hydrogen-bond acceptors (Lipinski definition) is 7. The predicted molar refractivity (Wildman–Crippen MR) is 126 cm³/mol. The van der Waals surface area contributed by atoms with Crippen molar-refractivity contribution in [1.29, 1.82) is 5.26 Å². The van der Waals surface area contributed by atoms with E-state index in [0.29, 0.717) is 18.2 Å². The van der Waals surface area contributed by atoms with E-state index in [1.54, 1.807) is 30.0 Å². The monoisotopic (exact) mass is 442 g/mol. The van der Waals surface area contributed by atoms with E-state index >= 15 is 0 Å². The molecule has 8 heteroatoms. The average Bonchev–Trinajstić information content (AvgIpc) is 3.34. The van der Waals surface area contributed by atoms with Crippen LogP contribution in [0.15, 0.2) is 47.6 Å². The first-order valence-electron chi connectivity index (χ1n) is 10.5. The van der Waals surface area contributed by atoms with Crippen LogP contribution in [-0.2, 0) is 6.42 Å². The van der Waals surface area contributed by atoms with Crippen molar-refractivity contribution < 1.29 is 5.11 Å². The summed E-state index contributed by atoms with van der Waals surface area (Å²) >= 11 is 1.75. The molecule has 1 atom stereocenters. The summed E-state index contributed by atoms with van der Waals surface area (Å²) < 4.78 is 2.20. The fourth-order valence-corrected chi connectivity index (χ4v) is 5.11. The molecular weight excluding hydrogens is 420 g/mol. The highest BCUT2D eigenvalue weighted by Crippen LogP contribution is 2.37. The van der Waals surface area contributed by atoms with Crippen LogP contribution in [0.25, 0.3) is 22.3 Å². The van der Waals surface area contributed by atoms with Gasteiger partial charge in [0.1, 0.15) is 11.6 Å². The second-order valence-electron chi connectivity index (χ2n) is 7.94. The zero-order valence-electron chi connectivity index (χ0n) is 17.8. The van der Waals surface area contributed by atoms with Crippen LogP contribution >= 0.6 is 11.8 Å². The lowest BCUT2D eigenvalue weighted by Gasteiger charge is -2.11. The highest BCUT2D eigenvalue weighted by atomic mass is 32.2. The van der Waals surface area contributed by atoms with Crippen LogP contribution in [0.1, 0.15) is 29.9 Å². The van der Waals surface area contributed by atoms with Crippen LogP contribution in [0.2, 0.25) is 0 Å². The molecule has 160 valence electrons. The molecule has 0 saturated heterocycles. The Hall–Kier alpha value is -3.57. The standard InChI is InChI=1S/C24H22N6OS/c1-14-13-32-24-29-21-22(27-15(2)28-23(21)30(14)24)26-9-8-16-6-7-20(31)19(11-16)18-5-3-4-17(10-18)12-25/h3-7,10-11,14,31H,8-9,13H2,1-2H3,(H,26,27,28)/t14-/m1/s1. The SMILES string of the molecule is Cc1nc(NCCc2ccc(O)c(-c3cccc(C#N)c3)c2)c2nc3n(c2n1)[C@H](C)CS3. The number of nitrogens with zero attached hydrogens (tertiary/aromatic N) is 5. The Bertz CT molecular complexity index is 1370. The van der Waals surface area contributed by atoms with E-state index < -0.39 is 0 Å². The zero-order chi connectivity index (χ0) is 22.2. The molecule has 0 amide bonds. The number of phenolic OH excluding ortho intramolecular Hbond substituents is 1. The van der Waals surface area contributed by atoms with E-state index in [-0.39, 0.29) is 5.75 Å². The van der Waals surface area contributed by atoms with Crippen molar-refractivity contribution in [2.24, 2.45) is 0 Å². The molecule has 2 N–H and O–H groups in total. The summed E-state index contributed by atoms with van der Waals surface area (Å²) in [4.78, 5) is 14.0. The topological polar surface area (TPSA) is 99.6 Å². The summed E-state index contributed by atoms with van der Waals surface area (Å²) in [5, 5.41) is 23.9. The Morgan fingerprint density at radius 3 is 2.94 bits per heavy atom. The molecule has 0 aliphatic carbocycles. The van der Waals surface area contributed by atoms with Crippen molar-refractivity contribution in [3.8, 4) is 22.9 Å². The predicted octanol–water partition coefficient (Wildman–Crippen LogP) is 4.70. The summed E-state index contributed by atoms with van der Waals surface area (Å²) in [6.45, 7) is 4.75. The maximum Gasteiger partial charge on any atom is 0.170 e. The van der Waals surface area contributed by atoms with E-state index in [1.165, 1.54) is 0 Å². The Kier molecular flexibility index (Phi) is 5.19. The summed E-state index contributed by atoms with van der Waals surface area (Å²) in [6.07, 6.45) is 0.745. The van der Waals surface area contributed by atoms with E-state index in [2.05, 4.69) is 32.8 Å². The van der Waals surface area contributed by atoms with Gasteiger partial charge in [-0.1, -0.05) is 30.0 Å². The number of anilines is 1. The lowest BCUT2D eigenvalue weighted by atomic mass is 9.99. The molecule has 4 aromatic rings. The van der Waals surface area contributed by atoms with Crippen molar-refractivity contribution in [2.45, 2.75) is 31.5 Å². The Morgan fingerprint density at radius 1 is 1.22 bits per heavy atom. The van der Waals surface area contributed by atoms with Gasteiger partial charge in [0.05, 0.1) is 11.6 Å². The molecule has 3 heterocycles. The smallest absolute Gasteiger partial charge is 0.170 e. The van der Waals surface area contributed by atoms with Gasteiger partial charge in [-0.15, -0.1) is 0 Å². The maximum absolute atomic E-state index is 10.4. The average molecular weight is 443 g/mol. The van der Waals surface area contributed by atoms with Crippen LogP contribution in [0.4, 0.5) is 5.82 Å². The first-order chi connectivity index (χ1) is 15.5. The van der Waals surface area contributed by atoms with Gasteiger partial charge in [-0.2, -0.15) is 5.26 Å². The third-order valence-corrected chi connectivity index (χ3v) is 6.78. The number of aryl methyl sites for hydroxylation is 1. The van der Waals surface area contributed by atoms with Gasteiger partial charge in [0.2, 0.25) is 0 Å². The first-order valence-corrected chi connectivity index (χ1v) is 11.5. The quantitative estimate of drug-likeness (QED) is 0.462. The fraction of sp³-hybridized carbons (Fsp3) is 0.250. The number of nitriles is 1. The van der Waals surface area contributed by atoms with Gasteiger partial charge < -0.3 is 10.4 Å². The van der Waals surface area contributed by atoms with Gasteiger partial charge in [0.15, 0.2) is 22.1 Å². The minimum Gasteiger partial charge on any atom is -0.507 e. The van der Waals surface area contributed by atoms with Gasteiger partial charge in [-0.05, 0) is 55.7 Å². The summed E-state index contributed by atoms with van der Waals surface area (Å²) in [7, 11) is 0. The van der Waals surface area contributed by atoms with Crippen LogP contribution in [0, 0.1) is 18.3 Å². The number of aromatic hydroxyl groups is 1. The van der Waals surface area contributed by atoms with E-state index in [0.717, 1.165) is 56.8 Å². The number of thioether (sulfide) groups is 1. The molecule has 0 spiro atoms. The van der Waals surface area contributed by atoms with Gasteiger partial charge in [-0.25, -0.2) is 15.0 Å². The van der Waals surface area contributed by atoms with Gasteiger partial charge in [-0.3, -0.25) is 4.57 Å². The fourth-order valence-electron chi connectivity index (χ4n) is 4.01. The van der Waals surface area contributed by atoms with Crippen molar-refractivity contribution in [2.75, 3.05) is 17.6 Å². The molecule has 0 bridgehead atoms. The van der Waals surface area contributed by atoms with Crippen molar-refractivity contribution in [3.05, 3.63) is 59.4 Å². The molecule has 2 aromatic carbocycles. The maximum atomic E-state index is 10.4. The number of phenols is 1. The van der Waals surface area contributed by atoms with Crippen LogP contribution < -0.4 is 5.32 Å². The lowest BCUT2D eigenvalue weighted by Crippen LogP contribution is -2.09. The molecule has 0 unspecified atom stereocenters. The van der Waals surface area contributed by atoms with Crippen molar-refractivity contribution >= 4 is 28.7 Å². The van der Waals surface area contributed by atoms with Gasteiger partial charge >= 0.3 is 0 Å². The normalized spacial score (nSPS) is 15.0. The van der Waals surface area contributed by atoms with Crippen LogP contribution in [-0.4, -0.2) is 36.9 Å². The highest BCUT2D eigenvalue weighted by Gasteiger charge is 2.26. The summed E-state index contributed by atoms with van der Waals surface area (Å²) in [6, 6.07) is 15.4. The molecular formula is C24H22N6OS. The van der Waals surface area contributed by atoms with E-state index in [9.17, 15) is 5.11 Å². The number of nitrogens with one attached hydrogen (secondary N) is 1. The molecule has 2 aromatic heterocycles. The minimum atomic E-state index is 0.198. The third kappa shape index (κ3) is 3.65. The highest BCUT2D eigenvalue weighted by molar-refractivity contribution is 7.99. The first kappa shape index (κ1) is 20.3. The van der Waals surface area contributed by atoms with E-state index in [4.69, 9.17) is 10.2 Å². The Labute approximate surface area is 190 Å². The second-order valence-corrected chi connectivity index (χ2v) is 8.92.